The highest BCUT2D eigenvalue weighted by Gasteiger charge is 2.30. The summed E-state index contributed by atoms with van der Waals surface area (Å²) in [5, 5.41) is 3.12. The largest absolute Gasteiger partial charge is 0.345 e. The van der Waals surface area contributed by atoms with E-state index in [0.29, 0.717) is 17.2 Å². The van der Waals surface area contributed by atoms with E-state index in [9.17, 15) is 13.2 Å². The quantitative estimate of drug-likeness (QED) is 0.655. The minimum absolute atomic E-state index is 0.0517. The summed E-state index contributed by atoms with van der Waals surface area (Å²) in [7, 11) is -3.74. The number of pyridine rings is 1. The molecule has 2 N–H and O–H groups in total. The van der Waals surface area contributed by atoms with Crippen LogP contribution in [-0.4, -0.2) is 19.3 Å². The molecular weight excluding hydrogens is 398 g/mol. The lowest BCUT2D eigenvalue weighted by atomic mass is 10.0. The minimum atomic E-state index is -3.74. The zero-order valence-electron chi connectivity index (χ0n) is 16.8. The number of carbonyl (C=O) groups excluding carboxylic acids is 1. The lowest BCUT2D eigenvalue weighted by Gasteiger charge is -2.19. The third-order valence-electron chi connectivity index (χ3n) is 5.39. The number of carbonyl (C=O) groups is 1. The Morgan fingerprint density at radius 2 is 1.73 bits per heavy atom. The van der Waals surface area contributed by atoms with Crippen molar-refractivity contribution in [3.8, 4) is 0 Å². The van der Waals surface area contributed by atoms with E-state index in [1.165, 1.54) is 47.8 Å². The maximum absolute atomic E-state index is 12.8. The van der Waals surface area contributed by atoms with Gasteiger partial charge in [-0.15, -0.1) is 0 Å². The van der Waals surface area contributed by atoms with E-state index < -0.39 is 10.0 Å². The second-order valence-corrected chi connectivity index (χ2v) is 9.38. The van der Waals surface area contributed by atoms with Crippen molar-refractivity contribution in [1.29, 1.82) is 0 Å². The van der Waals surface area contributed by atoms with E-state index in [4.69, 9.17) is 0 Å². The Balaban J connectivity index is 1.49. The van der Waals surface area contributed by atoms with Crippen molar-refractivity contribution in [2.24, 2.45) is 5.92 Å². The number of nitrogens with zero attached hydrogens (tertiary/aromatic N) is 1. The normalized spacial score (nSPS) is 17.9. The van der Waals surface area contributed by atoms with Crippen LogP contribution < -0.4 is 10.0 Å². The van der Waals surface area contributed by atoms with E-state index >= 15 is 0 Å². The Morgan fingerprint density at radius 3 is 2.43 bits per heavy atom. The summed E-state index contributed by atoms with van der Waals surface area (Å²) in [4.78, 5) is 16.8. The summed E-state index contributed by atoms with van der Waals surface area (Å²) in [5.41, 5.74) is 4.44. The SMILES string of the molecule is Cc1ccc2c(c1)C(NC(=O)c1ccc(S(=O)(=O)Nc3ccncc3)cc1)C(C)C2. The second-order valence-electron chi connectivity index (χ2n) is 7.70. The molecule has 4 rings (SSSR count). The van der Waals surface area contributed by atoms with E-state index in [0.717, 1.165) is 12.0 Å². The molecule has 0 spiro atoms. The number of hydrogen-bond acceptors (Lipinski definition) is 4. The van der Waals surface area contributed by atoms with Gasteiger partial charge in [0.15, 0.2) is 0 Å². The average molecular weight is 422 g/mol. The Hall–Kier alpha value is -3.19. The molecular formula is C23H23N3O3S. The first kappa shape index (κ1) is 20.1. The van der Waals surface area contributed by atoms with Crippen LogP contribution >= 0.6 is 0 Å². The number of benzene rings is 2. The molecule has 0 saturated carbocycles. The van der Waals surface area contributed by atoms with Crippen molar-refractivity contribution in [3.05, 3.63) is 89.2 Å². The Bertz CT molecular complexity index is 1180. The van der Waals surface area contributed by atoms with Gasteiger partial charge < -0.3 is 5.32 Å². The van der Waals surface area contributed by atoms with Gasteiger partial charge >= 0.3 is 0 Å². The molecule has 1 aromatic heterocycles. The van der Waals surface area contributed by atoms with Crippen LogP contribution in [0.3, 0.4) is 0 Å². The van der Waals surface area contributed by atoms with Crippen LogP contribution in [0.15, 0.2) is 71.9 Å². The molecule has 7 heteroatoms. The fourth-order valence-corrected chi connectivity index (χ4v) is 4.88. The van der Waals surface area contributed by atoms with Gasteiger partial charge in [0.25, 0.3) is 15.9 Å². The summed E-state index contributed by atoms with van der Waals surface area (Å²) in [5.74, 6) is 0.0854. The molecule has 1 amide bonds. The molecule has 0 fully saturated rings. The highest BCUT2D eigenvalue weighted by Crippen LogP contribution is 2.36. The maximum Gasteiger partial charge on any atom is 0.261 e. The fraction of sp³-hybridized carbons (Fsp3) is 0.217. The topological polar surface area (TPSA) is 88.2 Å². The van der Waals surface area contributed by atoms with Gasteiger partial charge in [0.2, 0.25) is 0 Å². The molecule has 3 aromatic rings. The molecule has 0 saturated heterocycles. The van der Waals surface area contributed by atoms with Gasteiger partial charge in [-0.2, -0.15) is 0 Å². The molecule has 0 radical (unpaired) electrons. The third kappa shape index (κ3) is 4.07. The predicted molar refractivity (Wildman–Crippen MR) is 116 cm³/mol. The van der Waals surface area contributed by atoms with Crippen LogP contribution in [0.4, 0.5) is 5.69 Å². The Morgan fingerprint density at radius 1 is 1.03 bits per heavy atom. The van der Waals surface area contributed by atoms with E-state index in [-0.39, 0.29) is 16.8 Å². The summed E-state index contributed by atoms with van der Waals surface area (Å²) >= 11 is 0. The van der Waals surface area contributed by atoms with Gasteiger partial charge in [0, 0.05) is 18.0 Å². The Labute approximate surface area is 176 Å². The summed E-state index contributed by atoms with van der Waals surface area (Å²) in [6.45, 7) is 4.17. The fourth-order valence-electron chi connectivity index (χ4n) is 3.83. The minimum Gasteiger partial charge on any atom is -0.345 e. The van der Waals surface area contributed by atoms with Crippen molar-refractivity contribution in [2.75, 3.05) is 4.72 Å². The van der Waals surface area contributed by atoms with Gasteiger partial charge in [-0.3, -0.25) is 14.5 Å². The standard InChI is InChI=1S/C23H23N3O3S/c1-15-3-4-18-14-16(2)22(21(18)13-15)25-23(27)17-5-7-20(8-6-17)30(28,29)26-19-9-11-24-12-10-19/h3-13,16,22H,14H2,1-2H3,(H,24,26)(H,25,27). The van der Waals surface area contributed by atoms with E-state index in [2.05, 4.69) is 40.1 Å². The second kappa shape index (κ2) is 7.91. The summed E-state index contributed by atoms with van der Waals surface area (Å²) < 4.78 is 27.6. The number of fused-ring (bicyclic) bond motifs is 1. The predicted octanol–water partition coefficient (Wildman–Crippen LogP) is 3.85. The molecule has 30 heavy (non-hydrogen) atoms. The van der Waals surface area contributed by atoms with E-state index in [1.807, 2.05) is 6.92 Å². The van der Waals surface area contributed by atoms with E-state index in [1.54, 1.807) is 12.1 Å². The summed E-state index contributed by atoms with van der Waals surface area (Å²) in [6, 6.07) is 15.4. The number of aromatic nitrogens is 1. The monoisotopic (exact) mass is 421 g/mol. The smallest absolute Gasteiger partial charge is 0.261 e. The van der Waals surface area contributed by atoms with Crippen LogP contribution in [0.2, 0.25) is 0 Å². The molecule has 1 aliphatic carbocycles. The average Bonchev–Trinajstić information content (AvgIpc) is 3.03. The number of amides is 1. The number of sulfonamides is 1. The molecule has 154 valence electrons. The molecule has 2 aromatic carbocycles. The number of anilines is 1. The zero-order valence-corrected chi connectivity index (χ0v) is 17.6. The van der Waals surface area contributed by atoms with Crippen LogP contribution in [0.25, 0.3) is 0 Å². The number of hydrogen-bond donors (Lipinski definition) is 2. The lowest BCUT2D eigenvalue weighted by Crippen LogP contribution is -2.30. The first-order chi connectivity index (χ1) is 14.3. The number of nitrogens with one attached hydrogen (secondary N) is 2. The van der Waals surface area contributed by atoms with Crippen molar-refractivity contribution in [2.45, 2.75) is 31.2 Å². The van der Waals surface area contributed by atoms with Gasteiger partial charge in [-0.1, -0.05) is 30.7 Å². The molecule has 0 aliphatic heterocycles. The molecule has 2 atom stereocenters. The van der Waals surface area contributed by atoms with Crippen LogP contribution in [0.1, 0.15) is 40.0 Å². The van der Waals surface area contributed by atoms with Crippen molar-refractivity contribution in [3.63, 3.8) is 0 Å². The van der Waals surface area contributed by atoms with Gasteiger partial charge in [-0.05, 0) is 66.8 Å². The molecule has 2 unspecified atom stereocenters. The third-order valence-corrected chi connectivity index (χ3v) is 6.79. The maximum atomic E-state index is 12.8. The van der Waals surface area contributed by atoms with Crippen LogP contribution in [-0.2, 0) is 16.4 Å². The molecule has 6 nitrogen and oxygen atoms in total. The van der Waals surface area contributed by atoms with Crippen molar-refractivity contribution >= 4 is 21.6 Å². The highest BCUT2D eigenvalue weighted by atomic mass is 32.2. The van der Waals surface area contributed by atoms with Crippen molar-refractivity contribution < 1.29 is 13.2 Å². The van der Waals surface area contributed by atoms with Gasteiger partial charge in [-0.25, -0.2) is 8.42 Å². The number of rotatable bonds is 5. The summed E-state index contributed by atoms with van der Waals surface area (Å²) in [6.07, 6.45) is 3.95. The zero-order chi connectivity index (χ0) is 21.3. The first-order valence-corrected chi connectivity index (χ1v) is 11.2. The highest BCUT2D eigenvalue weighted by molar-refractivity contribution is 7.92. The Kier molecular flexibility index (Phi) is 5.30. The van der Waals surface area contributed by atoms with Gasteiger partial charge in [0.1, 0.15) is 0 Å². The van der Waals surface area contributed by atoms with Crippen molar-refractivity contribution in [1.82, 2.24) is 10.3 Å². The van der Waals surface area contributed by atoms with Crippen LogP contribution in [0.5, 0.6) is 0 Å². The number of aryl methyl sites for hydroxylation is 1. The van der Waals surface area contributed by atoms with Gasteiger partial charge in [0.05, 0.1) is 16.6 Å². The van der Waals surface area contributed by atoms with Crippen LogP contribution in [0, 0.1) is 12.8 Å². The molecule has 1 aliphatic rings. The lowest BCUT2D eigenvalue weighted by molar-refractivity contribution is 0.0927. The first-order valence-electron chi connectivity index (χ1n) is 9.77. The molecule has 1 heterocycles. The molecule has 0 bridgehead atoms.